The van der Waals surface area contributed by atoms with E-state index in [0.717, 1.165) is 10.0 Å². The van der Waals surface area contributed by atoms with Gasteiger partial charge in [-0.25, -0.2) is 0 Å². The molecule has 0 aliphatic carbocycles. The number of carbonyl (C=O) groups excluding carboxylic acids is 3. The van der Waals surface area contributed by atoms with Gasteiger partial charge in [-0.15, -0.1) is 0 Å². The van der Waals surface area contributed by atoms with Crippen molar-refractivity contribution < 1.29 is 19.1 Å². The Kier molecular flexibility index (Phi) is 7.09. The first-order valence-corrected chi connectivity index (χ1v) is 9.00. The summed E-state index contributed by atoms with van der Waals surface area (Å²) in [4.78, 5) is 36.0. The van der Waals surface area contributed by atoms with Crippen LogP contribution >= 0.6 is 15.9 Å². The van der Waals surface area contributed by atoms with Crippen LogP contribution in [0.3, 0.4) is 0 Å². The predicted molar refractivity (Wildman–Crippen MR) is 103 cm³/mol. The van der Waals surface area contributed by atoms with E-state index in [1.807, 2.05) is 25.1 Å². The van der Waals surface area contributed by atoms with Gasteiger partial charge in [-0.1, -0.05) is 40.2 Å². The fourth-order valence-corrected chi connectivity index (χ4v) is 2.54. The smallest absolute Gasteiger partial charge is 0.307 e. The van der Waals surface area contributed by atoms with E-state index < -0.39 is 18.0 Å². The van der Waals surface area contributed by atoms with E-state index in [-0.39, 0.29) is 18.6 Å². The normalized spacial score (nSPS) is 11.5. The molecule has 2 aromatic carbocycles. The van der Waals surface area contributed by atoms with Crippen LogP contribution in [0, 0.1) is 6.92 Å². The predicted octanol–water partition coefficient (Wildman–Crippen LogP) is 4.29. The number of nitrogens with one attached hydrogen (secondary N) is 1. The van der Waals surface area contributed by atoms with Gasteiger partial charge in [0.2, 0.25) is 0 Å². The summed E-state index contributed by atoms with van der Waals surface area (Å²) in [5.41, 5.74) is 2.19. The zero-order chi connectivity index (χ0) is 19.1. The molecular formula is C20H20BrNO4. The molecule has 1 atom stereocenters. The van der Waals surface area contributed by atoms with Crippen molar-refractivity contribution >= 4 is 39.3 Å². The first-order valence-electron chi connectivity index (χ1n) is 8.21. The molecule has 0 aliphatic rings. The van der Waals surface area contributed by atoms with Crippen molar-refractivity contribution in [1.29, 1.82) is 0 Å². The van der Waals surface area contributed by atoms with Crippen LogP contribution in [-0.2, 0) is 14.3 Å². The number of ketones is 1. The molecule has 0 aliphatic heterocycles. The van der Waals surface area contributed by atoms with Crippen LogP contribution in [0.2, 0.25) is 0 Å². The van der Waals surface area contributed by atoms with Gasteiger partial charge in [-0.3, -0.25) is 14.4 Å². The summed E-state index contributed by atoms with van der Waals surface area (Å²) in [5.74, 6) is -1.14. The number of aryl methyl sites for hydroxylation is 1. The molecular weight excluding hydrogens is 398 g/mol. The Balaban J connectivity index is 1.80. The van der Waals surface area contributed by atoms with E-state index in [1.54, 1.807) is 30.3 Å². The van der Waals surface area contributed by atoms with Crippen molar-refractivity contribution in [2.45, 2.75) is 32.8 Å². The number of amides is 1. The average molecular weight is 418 g/mol. The topological polar surface area (TPSA) is 72.5 Å². The number of hydrogen-bond acceptors (Lipinski definition) is 4. The maximum absolute atomic E-state index is 12.1. The van der Waals surface area contributed by atoms with E-state index in [2.05, 4.69) is 21.2 Å². The van der Waals surface area contributed by atoms with Gasteiger partial charge in [0.1, 0.15) is 0 Å². The fourth-order valence-electron chi connectivity index (χ4n) is 2.27. The minimum absolute atomic E-state index is 0.0344. The van der Waals surface area contributed by atoms with Gasteiger partial charge in [0.15, 0.2) is 11.9 Å². The van der Waals surface area contributed by atoms with Crippen molar-refractivity contribution in [3.05, 3.63) is 64.1 Å². The van der Waals surface area contributed by atoms with Gasteiger partial charge in [0, 0.05) is 22.1 Å². The minimum Gasteiger partial charge on any atom is -0.453 e. The van der Waals surface area contributed by atoms with Gasteiger partial charge in [-0.2, -0.15) is 0 Å². The monoisotopic (exact) mass is 417 g/mol. The molecule has 136 valence electrons. The third-order valence-electron chi connectivity index (χ3n) is 3.69. The van der Waals surface area contributed by atoms with Gasteiger partial charge in [0.25, 0.3) is 5.91 Å². The number of benzene rings is 2. The highest BCUT2D eigenvalue weighted by Gasteiger charge is 2.19. The molecule has 0 saturated carbocycles. The second-order valence-electron chi connectivity index (χ2n) is 5.92. The Morgan fingerprint density at radius 1 is 1.08 bits per heavy atom. The molecule has 0 bridgehead atoms. The molecule has 1 N–H and O–H groups in total. The third kappa shape index (κ3) is 6.11. The molecule has 6 heteroatoms. The Labute approximate surface area is 160 Å². The van der Waals surface area contributed by atoms with Gasteiger partial charge in [0.05, 0.1) is 6.42 Å². The summed E-state index contributed by atoms with van der Waals surface area (Å²) >= 11 is 3.30. The second kappa shape index (κ2) is 9.29. The minimum atomic E-state index is -0.939. The summed E-state index contributed by atoms with van der Waals surface area (Å²) < 4.78 is 5.99. The number of anilines is 1. The average Bonchev–Trinajstić information content (AvgIpc) is 2.60. The Bertz CT molecular complexity index is 802. The molecule has 0 fully saturated rings. The second-order valence-corrected chi connectivity index (χ2v) is 6.84. The molecule has 0 radical (unpaired) electrons. The number of carbonyl (C=O) groups is 3. The maximum atomic E-state index is 12.1. The van der Waals surface area contributed by atoms with Crippen LogP contribution in [0.5, 0.6) is 0 Å². The largest absolute Gasteiger partial charge is 0.453 e. The zero-order valence-corrected chi connectivity index (χ0v) is 16.2. The number of rotatable bonds is 7. The lowest BCUT2D eigenvalue weighted by atomic mass is 10.1. The number of hydrogen-bond donors (Lipinski definition) is 1. The van der Waals surface area contributed by atoms with Gasteiger partial charge in [-0.05, 0) is 43.7 Å². The Hall–Kier alpha value is -2.47. The summed E-state index contributed by atoms with van der Waals surface area (Å²) in [5, 5.41) is 2.70. The van der Waals surface area contributed by atoms with Crippen LogP contribution < -0.4 is 5.32 Å². The van der Waals surface area contributed by atoms with E-state index in [4.69, 9.17) is 4.74 Å². The number of Topliss-reactive ketones (excluding diaryl/α,β-unsaturated/α-hetero) is 1. The molecule has 26 heavy (non-hydrogen) atoms. The van der Waals surface area contributed by atoms with Crippen molar-refractivity contribution in [2.24, 2.45) is 0 Å². The van der Waals surface area contributed by atoms with E-state index in [9.17, 15) is 14.4 Å². The molecule has 0 heterocycles. The molecule has 2 rings (SSSR count). The number of halogens is 1. The summed E-state index contributed by atoms with van der Waals surface area (Å²) in [6, 6.07) is 14.2. The van der Waals surface area contributed by atoms with E-state index in [1.165, 1.54) is 6.92 Å². The zero-order valence-electron chi connectivity index (χ0n) is 14.6. The summed E-state index contributed by atoms with van der Waals surface area (Å²) in [6.07, 6.45) is -0.977. The van der Waals surface area contributed by atoms with Crippen molar-refractivity contribution in [3.8, 4) is 0 Å². The number of esters is 1. The van der Waals surface area contributed by atoms with Gasteiger partial charge >= 0.3 is 5.97 Å². The molecule has 0 saturated heterocycles. The Morgan fingerprint density at radius 2 is 1.77 bits per heavy atom. The van der Waals surface area contributed by atoms with Crippen LogP contribution in [0.15, 0.2) is 53.0 Å². The molecule has 0 spiro atoms. The Morgan fingerprint density at radius 3 is 2.42 bits per heavy atom. The van der Waals surface area contributed by atoms with Crippen molar-refractivity contribution in [1.82, 2.24) is 0 Å². The lowest BCUT2D eigenvalue weighted by Gasteiger charge is -2.13. The van der Waals surface area contributed by atoms with E-state index >= 15 is 0 Å². The van der Waals surface area contributed by atoms with Crippen molar-refractivity contribution in [2.75, 3.05) is 5.32 Å². The highest BCUT2D eigenvalue weighted by Crippen LogP contribution is 2.14. The molecule has 2 aromatic rings. The van der Waals surface area contributed by atoms with E-state index in [0.29, 0.717) is 11.3 Å². The van der Waals surface area contributed by atoms with Crippen LogP contribution in [0.4, 0.5) is 5.69 Å². The highest BCUT2D eigenvalue weighted by atomic mass is 79.9. The third-order valence-corrected chi connectivity index (χ3v) is 4.21. The molecule has 5 nitrogen and oxygen atoms in total. The van der Waals surface area contributed by atoms with Crippen LogP contribution in [-0.4, -0.2) is 23.8 Å². The van der Waals surface area contributed by atoms with Crippen molar-refractivity contribution in [3.63, 3.8) is 0 Å². The number of ether oxygens (including phenoxy) is 1. The lowest BCUT2D eigenvalue weighted by Crippen LogP contribution is -2.30. The van der Waals surface area contributed by atoms with Crippen LogP contribution in [0.25, 0.3) is 0 Å². The maximum Gasteiger partial charge on any atom is 0.307 e. The fraction of sp³-hybridized carbons (Fsp3) is 0.250. The highest BCUT2D eigenvalue weighted by molar-refractivity contribution is 9.10. The summed E-state index contributed by atoms with van der Waals surface area (Å²) in [6.45, 7) is 3.42. The molecule has 0 aromatic heterocycles. The lowest BCUT2D eigenvalue weighted by molar-refractivity contribution is -0.153. The first kappa shape index (κ1) is 19.8. The standard InChI is InChI=1S/C20H20BrNO4/c1-13-4-3-5-17(12-13)22-20(25)14(2)26-19(24)11-10-18(23)15-6-8-16(21)9-7-15/h3-9,12,14H,10-11H2,1-2H3,(H,22,25). The van der Waals surface area contributed by atoms with Crippen LogP contribution in [0.1, 0.15) is 35.7 Å². The SMILES string of the molecule is Cc1cccc(NC(=O)C(C)OC(=O)CCC(=O)c2ccc(Br)cc2)c1. The summed E-state index contributed by atoms with van der Waals surface area (Å²) in [7, 11) is 0. The quantitative estimate of drug-likeness (QED) is 0.538. The first-order chi connectivity index (χ1) is 12.3. The van der Waals surface area contributed by atoms with Gasteiger partial charge < -0.3 is 10.1 Å². The molecule has 1 amide bonds. The molecule has 1 unspecified atom stereocenters.